The second-order valence-corrected chi connectivity index (χ2v) is 10.3. The van der Waals surface area contributed by atoms with E-state index >= 15 is 0 Å². The quantitative estimate of drug-likeness (QED) is 0.543. The van der Waals surface area contributed by atoms with E-state index in [0.717, 1.165) is 28.1 Å². The third-order valence-corrected chi connectivity index (χ3v) is 6.76. The Hall–Kier alpha value is -2.87. The number of amides is 2. The number of hydrogen-bond donors (Lipinski definition) is 1. The van der Waals surface area contributed by atoms with E-state index in [2.05, 4.69) is 5.32 Å². The van der Waals surface area contributed by atoms with Crippen molar-refractivity contribution in [2.75, 3.05) is 23.7 Å². The van der Waals surface area contributed by atoms with E-state index in [4.69, 9.17) is 0 Å². The van der Waals surface area contributed by atoms with Crippen molar-refractivity contribution >= 4 is 27.5 Å². The molecule has 33 heavy (non-hydrogen) atoms. The number of rotatable bonds is 11. The second-order valence-electron chi connectivity index (χ2n) is 8.43. The summed E-state index contributed by atoms with van der Waals surface area (Å²) < 4.78 is 26.2. The summed E-state index contributed by atoms with van der Waals surface area (Å²) in [4.78, 5) is 27.7. The molecular weight excluding hydrogens is 438 g/mol. The Morgan fingerprint density at radius 3 is 2.27 bits per heavy atom. The van der Waals surface area contributed by atoms with Gasteiger partial charge in [0.15, 0.2) is 0 Å². The molecule has 0 aliphatic carbocycles. The predicted octanol–water partition coefficient (Wildman–Crippen LogP) is 3.14. The van der Waals surface area contributed by atoms with Gasteiger partial charge in [-0.3, -0.25) is 13.9 Å². The summed E-state index contributed by atoms with van der Waals surface area (Å²) in [5.41, 5.74) is 2.34. The lowest BCUT2D eigenvalue weighted by Gasteiger charge is -2.32. The Labute approximate surface area is 197 Å². The normalized spacial score (nSPS) is 13.1. The van der Waals surface area contributed by atoms with Crippen molar-refractivity contribution in [3.63, 3.8) is 0 Å². The van der Waals surface area contributed by atoms with Crippen molar-refractivity contribution in [3.05, 3.63) is 65.7 Å². The number of benzene rings is 2. The molecule has 0 bridgehead atoms. The molecule has 0 aromatic heterocycles. The van der Waals surface area contributed by atoms with Crippen molar-refractivity contribution in [1.29, 1.82) is 0 Å². The van der Waals surface area contributed by atoms with Gasteiger partial charge in [0.1, 0.15) is 12.6 Å². The highest BCUT2D eigenvalue weighted by Crippen LogP contribution is 2.19. The number of aryl methyl sites for hydroxylation is 1. The van der Waals surface area contributed by atoms with Gasteiger partial charge in [-0.15, -0.1) is 0 Å². The van der Waals surface area contributed by atoms with Crippen LogP contribution in [0.25, 0.3) is 0 Å². The molecule has 180 valence electrons. The third kappa shape index (κ3) is 7.89. The van der Waals surface area contributed by atoms with Crippen molar-refractivity contribution in [3.8, 4) is 0 Å². The highest BCUT2D eigenvalue weighted by atomic mass is 32.2. The molecule has 0 aliphatic heterocycles. The van der Waals surface area contributed by atoms with Gasteiger partial charge in [-0.25, -0.2) is 8.42 Å². The van der Waals surface area contributed by atoms with Gasteiger partial charge >= 0.3 is 0 Å². The topological polar surface area (TPSA) is 86.8 Å². The number of carbonyl (C=O) groups excluding carboxylic acids is 2. The minimum atomic E-state index is -3.71. The summed E-state index contributed by atoms with van der Waals surface area (Å²) in [6.07, 6.45) is 2.40. The van der Waals surface area contributed by atoms with Gasteiger partial charge < -0.3 is 10.2 Å². The van der Waals surface area contributed by atoms with E-state index in [-0.39, 0.29) is 18.5 Å². The molecule has 0 saturated carbocycles. The fraction of sp³-hybridized carbons (Fsp3) is 0.440. The summed E-state index contributed by atoms with van der Waals surface area (Å²) in [5.74, 6) is -0.683. The van der Waals surface area contributed by atoms with E-state index in [1.165, 1.54) is 4.90 Å². The molecule has 0 aliphatic rings. The Balaban J connectivity index is 2.30. The number of carbonyl (C=O) groups is 2. The highest BCUT2D eigenvalue weighted by molar-refractivity contribution is 7.92. The number of sulfonamides is 1. The molecular formula is C25H35N3O4S. The average molecular weight is 474 g/mol. The van der Waals surface area contributed by atoms with Crippen molar-refractivity contribution in [1.82, 2.24) is 10.2 Å². The minimum absolute atomic E-state index is 0.0224. The first-order valence-corrected chi connectivity index (χ1v) is 13.1. The van der Waals surface area contributed by atoms with Gasteiger partial charge in [-0.2, -0.15) is 0 Å². The first kappa shape index (κ1) is 26.4. The maximum Gasteiger partial charge on any atom is 0.244 e. The van der Waals surface area contributed by atoms with Crippen LogP contribution < -0.4 is 9.62 Å². The van der Waals surface area contributed by atoms with Crippen LogP contribution in [0.1, 0.15) is 38.3 Å². The molecule has 1 N–H and O–H groups in total. The average Bonchev–Trinajstić information content (AvgIpc) is 2.77. The first-order chi connectivity index (χ1) is 15.5. The smallest absolute Gasteiger partial charge is 0.244 e. The molecule has 2 amide bonds. The Kier molecular flexibility index (Phi) is 9.46. The largest absolute Gasteiger partial charge is 0.352 e. The fourth-order valence-corrected chi connectivity index (χ4v) is 4.27. The summed E-state index contributed by atoms with van der Waals surface area (Å²) in [6.45, 7) is 7.34. The van der Waals surface area contributed by atoms with Crippen molar-refractivity contribution in [2.24, 2.45) is 0 Å². The Morgan fingerprint density at radius 1 is 1.03 bits per heavy atom. The molecule has 0 fully saturated rings. The summed E-state index contributed by atoms with van der Waals surface area (Å²) in [7, 11) is -3.71. The summed E-state index contributed by atoms with van der Waals surface area (Å²) in [6, 6.07) is 15.9. The zero-order valence-corrected chi connectivity index (χ0v) is 20.9. The first-order valence-electron chi connectivity index (χ1n) is 11.2. The van der Waals surface area contributed by atoms with Crippen LogP contribution in [0, 0.1) is 6.92 Å². The van der Waals surface area contributed by atoms with Crippen molar-refractivity contribution in [2.45, 2.75) is 52.6 Å². The molecule has 2 aromatic rings. The maximum atomic E-state index is 13.4. The lowest BCUT2D eigenvalue weighted by molar-refractivity contribution is -0.139. The second kappa shape index (κ2) is 11.8. The number of hydrogen-bond acceptors (Lipinski definition) is 4. The molecule has 2 aromatic carbocycles. The van der Waals surface area contributed by atoms with Crippen LogP contribution >= 0.6 is 0 Å². The number of nitrogens with zero attached hydrogens (tertiary/aromatic N) is 2. The summed E-state index contributed by atoms with van der Waals surface area (Å²) in [5, 5.41) is 2.92. The Morgan fingerprint density at radius 2 is 1.70 bits per heavy atom. The molecule has 2 atom stereocenters. The monoisotopic (exact) mass is 473 g/mol. The van der Waals surface area contributed by atoms with Crippen LogP contribution in [-0.2, 0) is 26.0 Å². The van der Waals surface area contributed by atoms with Gasteiger partial charge in [-0.05, 0) is 56.9 Å². The van der Waals surface area contributed by atoms with Crippen LogP contribution in [0.2, 0.25) is 0 Å². The van der Waals surface area contributed by atoms with Crippen LogP contribution in [-0.4, -0.2) is 56.6 Å². The standard InChI is InChI=1S/C25H35N3O4S/c1-6-20(3)26-25(30)21(4)27(16-15-22-12-8-7-9-13-22)24(29)18-28(33(5,31)32)23-14-10-11-19(2)17-23/h7-14,17,20-21H,6,15-16,18H2,1-5H3,(H,26,30). The molecule has 2 rings (SSSR count). The van der Waals surface area contributed by atoms with E-state index < -0.39 is 22.0 Å². The molecule has 7 nitrogen and oxygen atoms in total. The molecule has 8 heteroatoms. The molecule has 0 spiro atoms. The zero-order chi connectivity index (χ0) is 24.6. The van der Waals surface area contributed by atoms with Gasteiger partial charge in [0.2, 0.25) is 21.8 Å². The fourth-order valence-electron chi connectivity index (χ4n) is 3.43. The molecule has 0 heterocycles. The lowest BCUT2D eigenvalue weighted by atomic mass is 10.1. The predicted molar refractivity (Wildman–Crippen MR) is 133 cm³/mol. The van der Waals surface area contributed by atoms with Crippen LogP contribution in [0.4, 0.5) is 5.69 Å². The SMILES string of the molecule is CCC(C)NC(=O)C(C)N(CCc1ccccc1)C(=O)CN(c1cccc(C)c1)S(C)(=O)=O. The van der Waals surface area contributed by atoms with E-state index in [0.29, 0.717) is 18.7 Å². The van der Waals surface area contributed by atoms with Gasteiger partial charge in [0.25, 0.3) is 0 Å². The lowest BCUT2D eigenvalue weighted by Crippen LogP contribution is -2.53. The van der Waals surface area contributed by atoms with Crippen LogP contribution in [0.15, 0.2) is 54.6 Å². The highest BCUT2D eigenvalue weighted by Gasteiger charge is 2.30. The summed E-state index contributed by atoms with van der Waals surface area (Å²) >= 11 is 0. The van der Waals surface area contributed by atoms with Gasteiger partial charge in [0, 0.05) is 12.6 Å². The van der Waals surface area contributed by atoms with Crippen molar-refractivity contribution < 1.29 is 18.0 Å². The minimum Gasteiger partial charge on any atom is -0.352 e. The third-order valence-electron chi connectivity index (χ3n) is 5.62. The molecule has 0 saturated heterocycles. The van der Waals surface area contributed by atoms with Crippen LogP contribution in [0.5, 0.6) is 0 Å². The van der Waals surface area contributed by atoms with E-state index in [1.807, 2.05) is 57.2 Å². The molecule has 0 radical (unpaired) electrons. The number of nitrogens with one attached hydrogen (secondary N) is 1. The van der Waals surface area contributed by atoms with Crippen LogP contribution in [0.3, 0.4) is 0 Å². The van der Waals surface area contributed by atoms with E-state index in [1.54, 1.807) is 25.1 Å². The number of anilines is 1. The Bertz CT molecular complexity index is 1040. The van der Waals surface area contributed by atoms with Gasteiger partial charge in [-0.1, -0.05) is 49.4 Å². The van der Waals surface area contributed by atoms with Gasteiger partial charge in [0.05, 0.1) is 11.9 Å². The molecule has 2 unspecified atom stereocenters. The zero-order valence-electron chi connectivity index (χ0n) is 20.1. The van der Waals surface area contributed by atoms with E-state index in [9.17, 15) is 18.0 Å². The maximum absolute atomic E-state index is 13.4.